The number of rotatable bonds is 0. The summed E-state index contributed by atoms with van der Waals surface area (Å²) in [7, 11) is -6.03. The van der Waals surface area contributed by atoms with Gasteiger partial charge < -0.3 is 0 Å². The third-order valence-corrected chi connectivity index (χ3v) is 4.61. The minimum Gasteiger partial charge on any atom is 1.00 e. The summed E-state index contributed by atoms with van der Waals surface area (Å²) in [5.41, 5.74) is 0. The van der Waals surface area contributed by atoms with E-state index in [1.165, 1.54) is 0 Å². The summed E-state index contributed by atoms with van der Waals surface area (Å²) in [5, 5.41) is 57.6. The van der Waals surface area contributed by atoms with E-state index in [9.17, 15) is 0 Å². The molecule has 0 aliphatic carbocycles. The molecule has 0 aromatic carbocycles. The third kappa shape index (κ3) is 5.60. The molecular formula is C6CoK4N6. The molecule has 0 amide bonds. The van der Waals surface area contributed by atoms with Crippen LogP contribution in [0, 0.1) is 61.6 Å². The third-order valence-electron chi connectivity index (χ3n) is 1.12. The van der Waals surface area contributed by atoms with E-state index in [-0.39, 0.29) is 206 Å². The molecule has 0 saturated heterocycles. The van der Waals surface area contributed by atoms with Crippen molar-refractivity contribution >= 4 is 0 Å². The molecule has 11 heteroatoms. The van der Waals surface area contributed by atoms with Crippen LogP contribution < -0.4 is 206 Å². The van der Waals surface area contributed by atoms with Gasteiger partial charge in [-0.15, -0.1) is 0 Å². The molecule has 0 atom stereocenters. The van der Waals surface area contributed by atoms with Crippen LogP contribution in [-0.4, -0.2) is 0 Å². The van der Waals surface area contributed by atoms with Crippen LogP contribution in [0.2, 0.25) is 0 Å². The summed E-state index contributed by atoms with van der Waals surface area (Å²) < 4.78 is 0. The van der Waals surface area contributed by atoms with E-state index in [1.54, 1.807) is 0 Å². The zero-order valence-electron chi connectivity index (χ0n) is 10.0. The molecular weight excluding hydrogens is 371 g/mol. The van der Waals surface area contributed by atoms with Gasteiger partial charge in [-0.25, -0.2) is 0 Å². The molecule has 0 rings (SSSR count). The molecule has 0 aromatic rings. The maximum Gasteiger partial charge on any atom is 1.00 e. The molecule has 0 radical (unpaired) electrons. The minimum atomic E-state index is -6.03. The monoisotopic (exact) mass is 371 g/mol. The maximum absolute atomic E-state index is 8.58. The van der Waals surface area contributed by atoms with Crippen LogP contribution in [0.25, 0.3) is 0 Å². The summed E-state index contributed by atoms with van der Waals surface area (Å²) in [6, 6.07) is 0. The van der Waals surface area contributed by atoms with Crippen LogP contribution in [0.4, 0.5) is 0 Å². The average molecular weight is 371 g/mol. The van der Waals surface area contributed by atoms with Gasteiger partial charge in [-0.2, -0.15) is 0 Å². The molecule has 0 N–H and O–H groups in total. The molecule has 0 aliphatic rings. The first-order valence-corrected chi connectivity index (χ1v) is 5.46. The molecule has 17 heavy (non-hydrogen) atoms. The molecule has 0 heterocycles. The van der Waals surface area contributed by atoms with Crippen molar-refractivity contribution in [2.75, 3.05) is 0 Å². The number of hydrogen-bond acceptors (Lipinski definition) is 6. The van der Waals surface area contributed by atoms with Crippen LogP contribution in [0.1, 0.15) is 0 Å². The predicted molar refractivity (Wildman–Crippen MR) is 33.7 cm³/mol. The molecule has 0 aliphatic heterocycles. The Balaban J connectivity index is -0.000000120. The zero-order chi connectivity index (χ0) is 10.7. The first-order chi connectivity index (χ1) is 5.97. The normalized spacial score (nSPS) is 10.2. The van der Waals surface area contributed by atoms with Crippen LogP contribution in [0.5, 0.6) is 0 Å². The van der Waals surface area contributed by atoms with Gasteiger partial charge in [0, 0.05) is 0 Å². The fourth-order valence-electron chi connectivity index (χ4n) is 0.250. The summed E-state index contributed by atoms with van der Waals surface area (Å²) in [6.07, 6.45) is 0. The smallest absolute Gasteiger partial charge is 1.00 e. The predicted octanol–water partition coefficient (Wildman–Crippen LogP) is -11.9. The Morgan fingerprint density at radius 2 is 0.529 bits per heavy atom. The summed E-state index contributed by atoms with van der Waals surface area (Å²) in [5.74, 6) is 0. The fraction of sp³-hybridized carbons (Fsp3) is 0. The molecule has 0 aromatic heterocycles. The second kappa shape index (κ2) is 11.5. The molecule has 0 saturated carbocycles. The number of hydrogen-bond donors (Lipinski definition) is 0. The van der Waals surface area contributed by atoms with Crippen molar-refractivity contribution in [3.8, 4) is 30.0 Å². The van der Waals surface area contributed by atoms with E-state index in [0.29, 0.717) is 0 Å². The Hall–Kier alpha value is 3.99. The SMILES string of the molecule is N#[C][Co-4]([C]#N)([C]#N)([C]#N)([C]#N)[C]#N.[K+].[K+].[K+].[K+]. The van der Waals surface area contributed by atoms with Crippen molar-refractivity contribution in [2.24, 2.45) is 0 Å². The Labute approximate surface area is 268 Å². The van der Waals surface area contributed by atoms with Gasteiger partial charge in [-0.3, -0.25) is 0 Å². The molecule has 67 valence electrons. The first kappa shape index (κ1) is 32.8. The van der Waals surface area contributed by atoms with Crippen LogP contribution >= 0.6 is 0 Å². The molecule has 0 bridgehead atoms. The van der Waals surface area contributed by atoms with Crippen molar-refractivity contribution in [2.45, 2.75) is 0 Å². The Morgan fingerprint density at radius 3 is 0.529 bits per heavy atom. The van der Waals surface area contributed by atoms with E-state index in [0.717, 1.165) is 30.0 Å². The molecule has 0 spiro atoms. The van der Waals surface area contributed by atoms with Crippen LogP contribution in [0.3, 0.4) is 0 Å². The minimum absolute atomic E-state index is 0. The van der Waals surface area contributed by atoms with Gasteiger partial charge in [-0.1, -0.05) is 0 Å². The standard InChI is InChI=1S/6CN.Co.4K/c6*1-2;;;;;/q;;;;;;-4;4*+1. The maximum atomic E-state index is 8.58. The molecule has 0 fully saturated rings. The van der Waals surface area contributed by atoms with Gasteiger partial charge in [-0.05, 0) is 0 Å². The van der Waals surface area contributed by atoms with Gasteiger partial charge >= 0.3 is 278 Å². The van der Waals surface area contributed by atoms with Crippen molar-refractivity contribution in [3.05, 3.63) is 0 Å². The largest absolute Gasteiger partial charge is 1.00 e. The second-order valence-electron chi connectivity index (χ2n) is 1.70. The van der Waals surface area contributed by atoms with Crippen molar-refractivity contribution < 1.29 is 216 Å². The Morgan fingerprint density at radius 1 is 0.412 bits per heavy atom. The van der Waals surface area contributed by atoms with Crippen molar-refractivity contribution in [3.63, 3.8) is 0 Å². The zero-order valence-corrected chi connectivity index (χ0v) is 23.6. The van der Waals surface area contributed by atoms with Gasteiger partial charge in [0.1, 0.15) is 0 Å². The van der Waals surface area contributed by atoms with E-state index < -0.39 is 10.5 Å². The summed E-state index contributed by atoms with van der Waals surface area (Å²) >= 11 is 0. The van der Waals surface area contributed by atoms with E-state index in [2.05, 4.69) is 0 Å². The van der Waals surface area contributed by atoms with E-state index in [1.807, 2.05) is 0 Å². The van der Waals surface area contributed by atoms with E-state index >= 15 is 0 Å². The first-order valence-electron chi connectivity index (χ1n) is 2.34. The summed E-state index contributed by atoms with van der Waals surface area (Å²) in [6.45, 7) is 0. The number of nitrogens with zero attached hydrogens (tertiary/aromatic N) is 6. The number of nitriles is 6. The summed E-state index contributed by atoms with van der Waals surface area (Å²) in [4.78, 5) is 0. The fourth-order valence-corrected chi connectivity index (χ4v) is 1.03. The van der Waals surface area contributed by atoms with Crippen molar-refractivity contribution in [1.29, 1.82) is 31.6 Å². The van der Waals surface area contributed by atoms with Crippen LogP contribution in [0.15, 0.2) is 0 Å². The van der Waals surface area contributed by atoms with Crippen LogP contribution in [-0.2, 0) is 10.5 Å². The quantitative estimate of drug-likeness (QED) is 0.387. The average Bonchev–Trinajstić information content (AvgIpc) is 2.26. The molecule has 0 unspecified atom stereocenters. The Kier molecular flexibility index (Phi) is 22.3. The van der Waals surface area contributed by atoms with E-state index in [4.69, 9.17) is 31.6 Å². The Bertz CT molecular complexity index is 400. The topological polar surface area (TPSA) is 143 Å². The van der Waals surface area contributed by atoms with Gasteiger partial charge in [0.25, 0.3) is 0 Å². The second-order valence-corrected chi connectivity index (χ2v) is 7.00. The van der Waals surface area contributed by atoms with Gasteiger partial charge in [0.05, 0.1) is 0 Å². The van der Waals surface area contributed by atoms with Crippen molar-refractivity contribution in [1.82, 2.24) is 0 Å². The van der Waals surface area contributed by atoms with Gasteiger partial charge in [0.15, 0.2) is 0 Å². The van der Waals surface area contributed by atoms with Gasteiger partial charge in [0.2, 0.25) is 0 Å². The molecule has 6 nitrogen and oxygen atoms in total.